The topological polar surface area (TPSA) is 75.7 Å². The van der Waals surface area contributed by atoms with Crippen molar-refractivity contribution in [2.75, 3.05) is 6.54 Å². The Morgan fingerprint density at radius 3 is 2.45 bits per heavy atom. The Bertz CT molecular complexity index is 1120. The third kappa shape index (κ3) is 5.66. The highest BCUT2D eigenvalue weighted by Gasteiger charge is 2.34. The summed E-state index contributed by atoms with van der Waals surface area (Å²) < 4.78 is 47.6. The summed E-state index contributed by atoms with van der Waals surface area (Å²) in [6.45, 7) is 3.72. The minimum atomic E-state index is -4.54. The minimum absolute atomic E-state index is 0.00841. The number of rotatable bonds is 9. The summed E-state index contributed by atoms with van der Waals surface area (Å²) in [4.78, 5) is 25.8. The fourth-order valence-corrected chi connectivity index (χ4v) is 3.85. The second kappa shape index (κ2) is 9.97. The molecule has 0 saturated carbocycles. The number of benzene rings is 1. The molecule has 9 heteroatoms. The summed E-state index contributed by atoms with van der Waals surface area (Å²) in [5.41, 5.74) is 0.347. The highest BCUT2D eigenvalue weighted by atomic mass is 19.4. The lowest BCUT2D eigenvalue weighted by Crippen LogP contribution is -2.32. The maximum Gasteiger partial charge on any atom is 0.418 e. The van der Waals surface area contributed by atoms with Crippen LogP contribution in [0.2, 0.25) is 0 Å². The van der Waals surface area contributed by atoms with Crippen LogP contribution < -0.4 is 0 Å². The van der Waals surface area contributed by atoms with Crippen LogP contribution in [-0.4, -0.2) is 33.0 Å². The number of amides is 1. The van der Waals surface area contributed by atoms with Crippen molar-refractivity contribution in [2.45, 2.75) is 45.8 Å². The number of carbonyl (C=O) groups is 2. The molecule has 1 aromatic carbocycles. The number of aromatic nitrogens is 1. The number of carboxylic acids is 1. The Morgan fingerprint density at radius 1 is 1.09 bits per heavy atom. The van der Waals surface area contributed by atoms with Crippen LogP contribution in [-0.2, 0) is 17.5 Å². The summed E-state index contributed by atoms with van der Waals surface area (Å²) in [6.07, 6.45) is -2.20. The van der Waals surface area contributed by atoms with Crippen LogP contribution in [0.5, 0.6) is 0 Å². The number of carboxylic acid groups (broad SMARTS) is 1. The number of hydrogen-bond donors (Lipinski definition) is 1. The quantitative estimate of drug-likeness (QED) is 0.420. The molecule has 0 atom stereocenters. The van der Waals surface area contributed by atoms with Crippen molar-refractivity contribution in [2.24, 2.45) is 0 Å². The van der Waals surface area contributed by atoms with Gasteiger partial charge in [-0.2, -0.15) is 13.2 Å². The van der Waals surface area contributed by atoms with Crippen LogP contribution in [0.4, 0.5) is 13.2 Å². The molecule has 6 nitrogen and oxygen atoms in total. The molecule has 0 aliphatic carbocycles. The highest BCUT2D eigenvalue weighted by molar-refractivity contribution is 5.96. The number of nitrogens with zero attached hydrogens (tertiary/aromatic N) is 2. The van der Waals surface area contributed by atoms with Gasteiger partial charge >= 0.3 is 12.1 Å². The number of unbranched alkanes of at least 4 members (excludes halogenated alkanes) is 1. The monoisotopic (exact) mass is 462 g/mol. The van der Waals surface area contributed by atoms with E-state index in [0.717, 1.165) is 6.07 Å². The summed E-state index contributed by atoms with van der Waals surface area (Å²) >= 11 is 0. The van der Waals surface area contributed by atoms with Gasteiger partial charge in [0, 0.05) is 24.4 Å². The molecule has 176 valence electrons. The number of hydrogen-bond acceptors (Lipinski definition) is 3. The van der Waals surface area contributed by atoms with Gasteiger partial charge in [0.05, 0.1) is 29.6 Å². The van der Waals surface area contributed by atoms with E-state index in [-0.39, 0.29) is 36.7 Å². The van der Waals surface area contributed by atoms with E-state index >= 15 is 0 Å². The molecule has 1 amide bonds. The van der Waals surface area contributed by atoms with Crippen molar-refractivity contribution >= 4 is 11.9 Å². The second-order valence-electron chi connectivity index (χ2n) is 7.79. The molecule has 0 unspecified atom stereocenters. The van der Waals surface area contributed by atoms with Gasteiger partial charge in [-0.05, 0) is 57.0 Å². The Balaban J connectivity index is 1.94. The molecule has 1 N–H and O–H groups in total. The van der Waals surface area contributed by atoms with E-state index in [1.54, 1.807) is 32.0 Å². The van der Waals surface area contributed by atoms with Crippen molar-refractivity contribution in [1.29, 1.82) is 0 Å². The lowest BCUT2D eigenvalue weighted by atomic mass is 10.1. The average Bonchev–Trinajstić information content (AvgIpc) is 3.36. The van der Waals surface area contributed by atoms with Gasteiger partial charge in [0.2, 0.25) is 0 Å². The molecule has 2 aromatic heterocycles. The zero-order valence-corrected chi connectivity index (χ0v) is 18.4. The Hall–Kier alpha value is -3.49. The standard InChI is InChI=1S/C24H25F3N2O4/c1-16-14-19(17(2)29(16)21-10-4-3-9-20(21)24(25,26)27)23(32)28(12-6-5-11-22(30)31)15-18-8-7-13-33-18/h3-4,7-10,13-14H,5-6,11-12,15H2,1-2H3,(H,30,31). The first kappa shape index (κ1) is 24.2. The molecule has 0 aliphatic heterocycles. The molecule has 0 radical (unpaired) electrons. The van der Waals surface area contributed by atoms with Crippen LogP contribution in [0.1, 0.15) is 52.3 Å². The molecule has 0 saturated heterocycles. The third-order valence-corrected chi connectivity index (χ3v) is 5.39. The highest BCUT2D eigenvalue weighted by Crippen LogP contribution is 2.35. The van der Waals surface area contributed by atoms with E-state index < -0.39 is 17.7 Å². The number of aryl methyl sites for hydroxylation is 1. The van der Waals surface area contributed by atoms with Gasteiger partial charge in [-0.3, -0.25) is 9.59 Å². The van der Waals surface area contributed by atoms with E-state index in [1.165, 1.54) is 33.9 Å². The Labute approximate surface area is 189 Å². The van der Waals surface area contributed by atoms with Crippen LogP contribution in [0, 0.1) is 13.8 Å². The first-order valence-electron chi connectivity index (χ1n) is 10.5. The molecule has 0 bridgehead atoms. The largest absolute Gasteiger partial charge is 0.481 e. The Kier molecular flexibility index (Phi) is 7.30. The molecular formula is C24H25F3N2O4. The summed E-state index contributed by atoms with van der Waals surface area (Å²) in [5, 5.41) is 8.85. The summed E-state index contributed by atoms with van der Waals surface area (Å²) in [5.74, 6) is -0.714. The van der Waals surface area contributed by atoms with Crippen molar-refractivity contribution < 1.29 is 32.3 Å². The van der Waals surface area contributed by atoms with E-state index in [9.17, 15) is 22.8 Å². The van der Waals surface area contributed by atoms with Gasteiger partial charge in [-0.15, -0.1) is 0 Å². The SMILES string of the molecule is Cc1cc(C(=O)N(CCCCC(=O)O)Cc2ccco2)c(C)n1-c1ccccc1C(F)(F)F. The molecule has 0 fully saturated rings. The van der Waals surface area contributed by atoms with Gasteiger partial charge in [-0.1, -0.05) is 12.1 Å². The van der Waals surface area contributed by atoms with Gasteiger partial charge in [0.25, 0.3) is 5.91 Å². The van der Waals surface area contributed by atoms with Crippen LogP contribution in [0.3, 0.4) is 0 Å². The third-order valence-electron chi connectivity index (χ3n) is 5.39. The fourth-order valence-electron chi connectivity index (χ4n) is 3.85. The molecule has 2 heterocycles. The zero-order chi connectivity index (χ0) is 24.2. The molecule has 33 heavy (non-hydrogen) atoms. The van der Waals surface area contributed by atoms with Gasteiger partial charge < -0.3 is 19.0 Å². The maximum atomic E-state index is 13.6. The number of aliphatic carboxylic acids is 1. The molecule has 3 rings (SSSR count). The van der Waals surface area contributed by atoms with Gasteiger partial charge in [0.1, 0.15) is 5.76 Å². The molecule has 0 spiro atoms. The zero-order valence-electron chi connectivity index (χ0n) is 18.4. The molecular weight excluding hydrogens is 437 g/mol. The van der Waals surface area contributed by atoms with Gasteiger partial charge in [0.15, 0.2) is 0 Å². The van der Waals surface area contributed by atoms with Crippen molar-refractivity contribution in [3.8, 4) is 5.69 Å². The molecule has 3 aromatic rings. The van der Waals surface area contributed by atoms with Crippen molar-refractivity contribution in [3.05, 3.63) is 77.0 Å². The fraction of sp³-hybridized carbons (Fsp3) is 0.333. The molecule has 0 aliphatic rings. The predicted octanol–water partition coefficient (Wildman–Crippen LogP) is 5.60. The minimum Gasteiger partial charge on any atom is -0.481 e. The van der Waals surface area contributed by atoms with E-state index in [4.69, 9.17) is 9.52 Å². The van der Waals surface area contributed by atoms with E-state index in [2.05, 4.69) is 0 Å². The first-order valence-corrected chi connectivity index (χ1v) is 10.5. The predicted molar refractivity (Wildman–Crippen MR) is 115 cm³/mol. The number of para-hydroxylation sites is 1. The second-order valence-corrected chi connectivity index (χ2v) is 7.79. The summed E-state index contributed by atoms with van der Waals surface area (Å²) in [7, 11) is 0. The number of furan rings is 1. The maximum absolute atomic E-state index is 13.6. The van der Waals surface area contributed by atoms with Crippen molar-refractivity contribution in [1.82, 2.24) is 9.47 Å². The van der Waals surface area contributed by atoms with Gasteiger partial charge in [-0.25, -0.2) is 0 Å². The van der Waals surface area contributed by atoms with Crippen molar-refractivity contribution in [3.63, 3.8) is 0 Å². The number of alkyl halides is 3. The summed E-state index contributed by atoms with van der Waals surface area (Å²) in [6, 6.07) is 10.2. The van der Waals surface area contributed by atoms with Crippen LogP contribution in [0.25, 0.3) is 5.69 Å². The van der Waals surface area contributed by atoms with E-state index in [1.807, 2.05) is 0 Å². The number of halogens is 3. The normalized spacial score (nSPS) is 11.5. The lowest BCUT2D eigenvalue weighted by molar-refractivity contribution is -0.138. The van der Waals surface area contributed by atoms with Crippen LogP contribution in [0.15, 0.2) is 53.1 Å². The smallest absolute Gasteiger partial charge is 0.418 e. The first-order chi connectivity index (χ1) is 15.6. The lowest BCUT2D eigenvalue weighted by Gasteiger charge is -2.22. The number of carbonyl (C=O) groups excluding carboxylic acids is 1. The van der Waals surface area contributed by atoms with E-state index in [0.29, 0.717) is 30.0 Å². The average molecular weight is 462 g/mol. The Morgan fingerprint density at radius 2 is 1.82 bits per heavy atom. The van der Waals surface area contributed by atoms with Crippen LogP contribution >= 0.6 is 0 Å².